The Hall–Kier alpha value is -3.68. The Kier molecular flexibility index (Phi) is 6.46. The molecule has 1 atom stereocenters. The van der Waals surface area contributed by atoms with E-state index in [-0.39, 0.29) is 18.0 Å². The summed E-state index contributed by atoms with van der Waals surface area (Å²) in [6.45, 7) is -0.618. The maximum atomic E-state index is 12.4. The highest BCUT2D eigenvalue weighted by Gasteiger charge is 2.28. The molecule has 8 nitrogen and oxygen atoms in total. The molecule has 0 saturated heterocycles. The first-order valence-corrected chi connectivity index (χ1v) is 9.39. The van der Waals surface area contributed by atoms with Crippen LogP contribution in [0.1, 0.15) is 37.9 Å². The van der Waals surface area contributed by atoms with E-state index in [1.54, 1.807) is 6.07 Å². The van der Waals surface area contributed by atoms with Gasteiger partial charge in [0.2, 0.25) is 5.91 Å². The second-order valence-electron chi connectivity index (χ2n) is 6.88. The van der Waals surface area contributed by atoms with Gasteiger partial charge >= 0.3 is 11.9 Å². The molecule has 0 aliphatic carbocycles. The first-order valence-electron chi connectivity index (χ1n) is 9.39. The van der Waals surface area contributed by atoms with Crippen LogP contribution in [0.3, 0.4) is 0 Å². The first kappa shape index (κ1) is 21.0. The lowest BCUT2D eigenvalue weighted by molar-refractivity contribution is -0.137. The summed E-state index contributed by atoms with van der Waals surface area (Å²) >= 11 is 0. The number of carbonyl (C=O) groups excluding carboxylic acids is 4. The molecule has 0 unspecified atom stereocenters. The number of likely N-dealkylation sites (N-methyl/N-ethyl adjacent to an activating group) is 2. The van der Waals surface area contributed by atoms with Gasteiger partial charge in [0.25, 0.3) is 5.91 Å². The molecule has 1 heterocycles. The zero-order valence-corrected chi connectivity index (χ0v) is 16.7. The van der Waals surface area contributed by atoms with E-state index in [1.807, 2.05) is 30.3 Å². The zero-order valence-electron chi connectivity index (χ0n) is 16.7. The number of nitrogens with one attached hydrogen (secondary N) is 1. The van der Waals surface area contributed by atoms with E-state index in [2.05, 4.69) is 5.32 Å². The fourth-order valence-electron chi connectivity index (χ4n) is 3.08. The van der Waals surface area contributed by atoms with Crippen LogP contribution < -0.4 is 5.32 Å². The van der Waals surface area contributed by atoms with E-state index in [0.29, 0.717) is 17.5 Å². The zero-order chi connectivity index (χ0) is 21.7. The van der Waals surface area contributed by atoms with Crippen molar-refractivity contribution in [3.05, 3.63) is 70.8 Å². The summed E-state index contributed by atoms with van der Waals surface area (Å²) in [5, 5.41) is 2.41. The maximum Gasteiger partial charge on any atom is 0.339 e. The predicted octanol–water partition coefficient (Wildman–Crippen LogP) is 1.50. The van der Waals surface area contributed by atoms with Crippen LogP contribution in [0.5, 0.6) is 0 Å². The van der Waals surface area contributed by atoms with Gasteiger partial charge < -0.3 is 19.7 Å². The first-order chi connectivity index (χ1) is 14.4. The third kappa shape index (κ3) is 4.83. The molecule has 30 heavy (non-hydrogen) atoms. The fraction of sp³-hybridized carbons (Fsp3) is 0.273. The number of benzene rings is 2. The van der Waals surface area contributed by atoms with Crippen LogP contribution in [0.2, 0.25) is 0 Å². The minimum Gasteiger partial charge on any atom is -0.454 e. The Bertz CT molecular complexity index is 973. The second kappa shape index (κ2) is 9.21. The van der Waals surface area contributed by atoms with E-state index in [9.17, 15) is 19.2 Å². The van der Waals surface area contributed by atoms with Crippen molar-refractivity contribution in [2.45, 2.75) is 12.5 Å². The van der Waals surface area contributed by atoms with Gasteiger partial charge in [-0.1, -0.05) is 30.3 Å². The van der Waals surface area contributed by atoms with Crippen molar-refractivity contribution in [1.29, 1.82) is 0 Å². The van der Waals surface area contributed by atoms with Crippen LogP contribution in [0.15, 0.2) is 48.5 Å². The molecule has 2 aromatic carbocycles. The number of cyclic esters (lactones) is 1. The number of carbonyl (C=O) groups is 4. The number of hydrogen-bond acceptors (Lipinski definition) is 6. The van der Waals surface area contributed by atoms with Crippen LogP contribution >= 0.6 is 0 Å². The van der Waals surface area contributed by atoms with Gasteiger partial charge in [-0.05, 0) is 29.3 Å². The number of rotatable bonds is 6. The summed E-state index contributed by atoms with van der Waals surface area (Å²) in [7, 11) is 2.91. The van der Waals surface area contributed by atoms with E-state index < -0.39 is 30.6 Å². The number of amides is 2. The Morgan fingerprint density at radius 2 is 1.90 bits per heavy atom. The monoisotopic (exact) mass is 410 g/mol. The average Bonchev–Trinajstić information content (AvgIpc) is 2.77. The Labute approximate surface area is 173 Å². The van der Waals surface area contributed by atoms with Crippen molar-refractivity contribution in [2.75, 3.05) is 27.2 Å². The number of nitrogens with zero attached hydrogens (tertiary/aromatic N) is 1. The molecule has 0 saturated carbocycles. The normalized spacial score (nSPS) is 14.9. The van der Waals surface area contributed by atoms with Crippen molar-refractivity contribution in [2.24, 2.45) is 0 Å². The maximum absolute atomic E-state index is 12.4. The van der Waals surface area contributed by atoms with Gasteiger partial charge in [0.05, 0.1) is 17.7 Å². The largest absolute Gasteiger partial charge is 0.454 e. The van der Waals surface area contributed by atoms with Gasteiger partial charge in [0.15, 0.2) is 6.61 Å². The molecule has 0 fully saturated rings. The summed E-state index contributed by atoms with van der Waals surface area (Å²) in [5.74, 6) is -1.96. The number of fused-ring (bicyclic) bond motifs is 1. The summed E-state index contributed by atoms with van der Waals surface area (Å²) in [6, 6.07) is 13.9. The predicted molar refractivity (Wildman–Crippen MR) is 107 cm³/mol. The molecular weight excluding hydrogens is 388 g/mol. The van der Waals surface area contributed by atoms with Crippen LogP contribution in [0.4, 0.5) is 0 Å². The standard InChI is InChI=1S/C22H22N2O6/c1-23-19(25)12-24(2)20(26)13-29-21(27)15-8-9-17-16(10-15)11-18(30-22(17)28)14-6-4-3-5-7-14/h3-10,18H,11-13H2,1-2H3,(H,23,25)/t18-/m0/s1. The van der Waals surface area contributed by atoms with Crippen LogP contribution in [-0.4, -0.2) is 55.9 Å². The van der Waals surface area contributed by atoms with Gasteiger partial charge in [0, 0.05) is 20.5 Å². The Morgan fingerprint density at radius 3 is 2.60 bits per heavy atom. The summed E-state index contributed by atoms with van der Waals surface area (Å²) in [6.07, 6.45) is -0.00239. The minimum absolute atomic E-state index is 0.130. The van der Waals surface area contributed by atoms with E-state index in [4.69, 9.17) is 9.47 Å². The van der Waals surface area contributed by atoms with E-state index >= 15 is 0 Å². The minimum atomic E-state index is -0.685. The van der Waals surface area contributed by atoms with Gasteiger partial charge in [-0.25, -0.2) is 9.59 Å². The molecule has 0 spiro atoms. The van der Waals surface area contributed by atoms with Crippen LogP contribution in [0.25, 0.3) is 0 Å². The molecule has 156 valence electrons. The summed E-state index contributed by atoms with van der Waals surface area (Å²) in [4.78, 5) is 49.2. The fourth-order valence-corrected chi connectivity index (χ4v) is 3.08. The third-order valence-corrected chi connectivity index (χ3v) is 4.80. The molecule has 0 aromatic heterocycles. The van der Waals surface area contributed by atoms with Gasteiger partial charge in [0.1, 0.15) is 6.10 Å². The molecule has 0 bridgehead atoms. The second-order valence-corrected chi connectivity index (χ2v) is 6.88. The molecule has 2 amide bonds. The third-order valence-electron chi connectivity index (χ3n) is 4.80. The SMILES string of the molecule is CNC(=O)CN(C)C(=O)COC(=O)c1ccc2c(c1)C[C@@H](c1ccccc1)OC2=O. The van der Waals surface area contributed by atoms with E-state index in [1.165, 1.54) is 31.1 Å². The topological polar surface area (TPSA) is 102 Å². The number of ether oxygens (including phenoxy) is 2. The Morgan fingerprint density at radius 1 is 1.17 bits per heavy atom. The molecule has 0 radical (unpaired) electrons. The highest BCUT2D eigenvalue weighted by Crippen LogP contribution is 2.31. The van der Waals surface area contributed by atoms with Gasteiger partial charge in [-0.2, -0.15) is 0 Å². The quantitative estimate of drug-likeness (QED) is 0.724. The lowest BCUT2D eigenvalue weighted by Crippen LogP contribution is -2.39. The smallest absolute Gasteiger partial charge is 0.339 e. The van der Waals surface area contributed by atoms with Crippen LogP contribution in [0, 0.1) is 0 Å². The van der Waals surface area contributed by atoms with E-state index in [0.717, 1.165) is 5.56 Å². The molecule has 1 N–H and O–H groups in total. The molecule has 8 heteroatoms. The number of esters is 2. The molecule has 2 aromatic rings. The summed E-state index contributed by atoms with van der Waals surface area (Å²) < 4.78 is 10.6. The highest BCUT2D eigenvalue weighted by molar-refractivity contribution is 5.96. The van der Waals surface area contributed by atoms with Crippen molar-refractivity contribution >= 4 is 23.8 Å². The van der Waals surface area contributed by atoms with Gasteiger partial charge in [-0.15, -0.1) is 0 Å². The van der Waals surface area contributed by atoms with Crippen molar-refractivity contribution in [3.8, 4) is 0 Å². The van der Waals surface area contributed by atoms with Crippen molar-refractivity contribution in [3.63, 3.8) is 0 Å². The molecule has 1 aliphatic heterocycles. The average molecular weight is 410 g/mol. The van der Waals surface area contributed by atoms with Crippen molar-refractivity contribution < 1.29 is 28.7 Å². The molecule has 1 aliphatic rings. The number of hydrogen-bond donors (Lipinski definition) is 1. The van der Waals surface area contributed by atoms with Crippen LogP contribution in [-0.2, 0) is 25.5 Å². The van der Waals surface area contributed by atoms with Crippen molar-refractivity contribution in [1.82, 2.24) is 10.2 Å². The lowest BCUT2D eigenvalue weighted by atomic mass is 9.93. The molecular formula is C22H22N2O6. The molecule has 3 rings (SSSR count). The van der Waals surface area contributed by atoms with Gasteiger partial charge in [-0.3, -0.25) is 9.59 Å². The highest BCUT2D eigenvalue weighted by atomic mass is 16.5. The Balaban J connectivity index is 1.67. The summed E-state index contributed by atoms with van der Waals surface area (Å²) in [5.41, 5.74) is 2.18. The lowest BCUT2D eigenvalue weighted by Gasteiger charge is -2.25.